The number of hydrogen-bond donors (Lipinski definition) is 1. The summed E-state index contributed by atoms with van der Waals surface area (Å²) in [7, 11) is 0. The zero-order chi connectivity index (χ0) is 18.8. The van der Waals surface area contributed by atoms with Crippen molar-refractivity contribution in [2.75, 3.05) is 5.73 Å². The number of rotatable bonds is 4. The first-order chi connectivity index (χ1) is 13.1. The highest BCUT2D eigenvalue weighted by Crippen LogP contribution is 2.17. The van der Waals surface area contributed by atoms with Gasteiger partial charge in [0.1, 0.15) is 5.82 Å². The van der Waals surface area contributed by atoms with Crippen LogP contribution in [0.2, 0.25) is 5.02 Å². The molecule has 0 amide bonds. The van der Waals surface area contributed by atoms with Gasteiger partial charge in [0.25, 0.3) is 5.56 Å². The van der Waals surface area contributed by atoms with Gasteiger partial charge in [-0.2, -0.15) is 0 Å². The van der Waals surface area contributed by atoms with E-state index in [1.807, 2.05) is 54.6 Å². The van der Waals surface area contributed by atoms with E-state index in [1.54, 1.807) is 22.8 Å². The molecule has 0 radical (unpaired) electrons. The number of nitrogens with two attached hydrogens (primary N) is 1. The van der Waals surface area contributed by atoms with Gasteiger partial charge in [0.05, 0.1) is 17.4 Å². The average Bonchev–Trinajstić information content (AvgIpc) is 2.66. The van der Waals surface area contributed by atoms with Crippen molar-refractivity contribution in [3.8, 4) is 0 Å². The SMILES string of the molecule is Nc1ccc2nc(Cc3ccccc3)n(Cc3cccc(Cl)c3)c(=O)c2c1. The number of nitrogen functional groups attached to an aromatic ring is 1. The summed E-state index contributed by atoms with van der Waals surface area (Å²) in [5, 5.41) is 1.16. The van der Waals surface area contributed by atoms with E-state index in [0.717, 1.165) is 11.1 Å². The van der Waals surface area contributed by atoms with Crippen LogP contribution in [0.1, 0.15) is 17.0 Å². The maximum atomic E-state index is 13.2. The highest BCUT2D eigenvalue weighted by atomic mass is 35.5. The van der Waals surface area contributed by atoms with E-state index in [-0.39, 0.29) is 5.56 Å². The highest BCUT2D eigenvalue weighted by Gasteiger charge is 2.13. The standard InChI is InChI=1S/C22H18ClN3O/c23-17-8-4-7-16(11-17)14-26-21(12-15-5-2-1-3-6-15)25-20-10-9-18(24)13-19(20)22(26)27/h1-11,13H,12,14,24H2. The van der Waals surface area contributed by atoms with Crippen LogP contribution in [0.4, 0.5) is 5.69 Å². The molecule has 4 aromatic rings. The molecular weight excluding hydrogens is 358 g/mol. The molecule has 0 aliphatic rings. The minimum Gasteiger partial charge on any atom is -0.399 e. The Labute approximate surface area is 161 Å². The Balaban J connectivity index is 1.88. The van der Waals surface area contributed by atoms with Gasteiger partial charge in [-0.1, -0.05) is 54.1 Å². The van der Waals surface area contributed by atoms with Gasteiger partial charge in [0.2, 0.25) is 0 Å². The maximum absolute atomic E-state index is 13.2. The normalized spacial score (nSPS) is 11.0. The first kappa shape index (κ1) is 17.3. The molecule has 4 rings (SSSR count). The van der Waals surface area contributed by atoms with E-state index in [0.29, 0.717) is 40.4 Å². The molecule has 27 heavy (non-hydrogen) atoms. The molecule has 3 aromatic carbocycles. The summed E-state index contributed by atoms with van der Waals surface area (Å²) in [4.78, 5) is 18.0. The lowest BCUT2D eigenvalue weighted by Gasteiger charge is -2.14. The Morgan fingerprint density at radius 1 is 0.926 bits per heavy atom. The lowest BCUT2D eigenvalue weighted by atomic mass is 10.1. The quantitative estimate of drug-likeness (QED) is 0.542. The second kappa shape index (κ2) is 7.25. The zero-order valence-corrected chi connectivity index (χ0v) is 15.4. The van der Waals surface area contributed by atoms with Gasteiger partial charge < -0.3 is 5.73 Å². The van der Waals surface area contributed by atoms with Gasteiger partial charge in [0, 0.05) is 17.1 Å². The second-order valence-electron chi connectivity index (χ2n) is 6.49. The van der Waals surface area contributed by atoms with E-state index >= 15 is 0 Å². The van der Waals surface area contributed by atoms with Crippen LogP contribution < -0.4 is 11.3 Å². The topological polar surface area (TPSA) is 60.9 Å². The van der Waals surface area contributed by atoms with Crippen LogP contribution in [0.3, 0.4) is 0 Å². The molecule has 0 spiro atoms. The number of nitrogens with zero attached hydrogens (tertiary/aromatic N) is 2. The fraction of sp³-hybridized carbons (Fsp3) is 0.0909. The summed E-state index contributed by atoms with van der Waals surface area (Å²) in [5.41, 5.74) is 9.03. The first-order valence-corrected chi connectivity index (χ1v) is 9.05. The smallest absolute Gasteiger partial charge is 0.261 e. The Bertz CT molecular complexity index is 1170. The lowest BCUT2D eigenvalue weighted by Crippen LogP contribution is -2.26. The molecule has 0 fully saturated rings. The minimum absolute atomic E-state index is 0.0989. The van der Waals surface area contributed by atoms with Gasteiger partial charge in [-0.25, -0.2) is 4.98 Å². The molecule has 0 aliphatic carbocycles. The molecule has 5 heteroatoms. The Hall–Kier alpha value is -3.11. The van der Waals surface area contributed by atoms with Crippen molar-refractivity contribution in [1.29, 1.82) is 0 Å². The van der Waals surface area contributed by atoms with E-state index in [9.17, 15) is 4.79 Å². The number of benzene rings is 3. The summed E-state index contributed by atoms with van der Waals surface area (Å²) in [6.45, 7) is 0.402. The first-order valence-electron chi connectivity index (χ1n) is 8.67. The molecule has 2 N–H and O–H groups in total. The minimum atomic E-state index is -0.0989. The lowest BCUT2D eigenvalue weighted by molar-refractivity contribution is 0.694. The second-order valence-corrected chi connectivity index (χ2v) is 6.92. The monoisotopic (exact) mass is 375 g/mol. The van der Waals surface area contributed by atoms with Crippen LogP contribution in [-0.4, -0.2) is 9.55 Å². The molecule has 0 saturated heterocycles. The number of hydrogen-bond acceptors (Lipinski definition) is 3. The van der Waals surface area contributed by atoms with Crippen LogP contribution in [0.5, 0.6) is 0 Å². The number of anilines is 1. The molecule has 4 nitrogen and oxygen atoms in total. The largest absolute Gasteiger partial charge is 0.399 e. The summed E-state index contributed by atoms with van der Waals surface area (Å²) in [5.74, 6) is 0.712. The van der Waals surface area contributed by atoms with Crippen molar-refractivity contribution in [2.45, 2.75) is 13.0 Å². The molecule has 0 saturated carbocycles. The number of halogens is 1. The van der Waals surface area contributed by atoms with Gasteiger partial charge >= 0.3 is 0 Å². The molecule has 1 aromatic heterocycles. The fourth-order valence-corrected chi connectivity index (χ4v) is 3.39. The Morgan fingerprint density at radius 3 is 2.48 bits per heavy atom. The van der Waals surface area contributed by atoms with Gasteiger partial charge in [0.15, 0.2) is 0 Å². The third kappa shape index (κ3) is 3.71. The fourth-order valence-electron chi connectivity index (χ4n) is 3.18. The summed E-state index contributed by atoms with van der Waals surface area (Å²) >= 11 is 6.12. The molecular formula is C22H18ClN3O. The summed E-state index contributed by atoms with van der Waals surface area (Å²) < 4.78 is 1.71. The van der Waals surface area contributed by atoms with Crippen LogP contribution in [-0.2, 0) is 13.0 Å². The van der Waals surface area contributed by atoms with E-state index in [4.69, 9.17) is 22.3 Å². The van der Waals surface area contributed by atoms with E-state index in [1.165, 1.54) is 0 Å². The Kier molecular flexibility index (Phi) is 4.65. The van der Waals surface area contributed by atoms with Gasteiger partial charge in [-0.3, -0.25) is 9.36 Å². The molecule has 134 valence electrons. The predicted molar refractivity (Wildman–Crippen MR) is 110 cm³/mol. The van der Waals surface area contributed by atoms with E-state index in [2.05, 4.69) is 0 Å². The third-order valence-corrected chi connectivity index (χ3v) is 4.73. The summed E-state index contributed by atoms with van der Waals surface area (Å²) in [6, 6.07) is 22.8. The summed E-state index contributed by atoms with van der Waals surface area (Å²) in [6.07, 6.45) is 0.566. The van der Waals surface area contributed by atoms with Gasteiger partial charge in [-0.05, 0) is 41.5 Å². The number of aromatic nitrogens is 2. The van der Waals surface area contributed by atoms with Crippen molar-refractivity contribution >= 4 is 28.2 Å². The predicted octanol–water partition coefficient (Wildman–Crippen LogP) is 4.27. The van der Waals surface area contributed by atoms with Crippen molar-refractivity contribution in [3.05, 3.63) is 105 Å². The molecule has 0 bridgehead atoms. The van der Waals surface area contributed by atoms with Crippen molar-refractivity contribution in [2.24, 2.45) is 0 Å². The number of fused-ring (bicyclic) bond motifs is 1. The molecule has 0 atom stereocenters. The molecule has 0 unspecified atom stereocenters. The van der Waals surface area contributed by atoms with Crippen LogP contribution in [0.15, 0.2) is 77.6 Å². The van der Waals surface area contributed by atoms with Gasteiger partial charge in [-0.15, -0.1) is 0 Å². The van der Waals surface area contributed by atoms with Crippen LogP contribution >= 0.6 is 11.6 Å². The van der Waals surface area contributed by atoms with E-state index < -0.39 is 0 Å². The maximum Gasteiger partial charge on any atom is 0.261 e. The Morgan fingerprint density at radius 2 is 1.70 bits per heavy atom. The zero-order valence-electron chi connectivity index (χ0n) is 14.6. The van der Waals surface area contributed by atoms with Crippen molar-refractivity contribution < 1.29 is 0 Å². The van der Waals surface area contributed by atoms with Crippen LogP contribution in [0.25, 0.3) is 10.9 Å². The van der Waals surface area contributed by atoms with Crippen molar-refractivity contribution in [3.63, 3.8) is 0 Å². The molecule has 0 aliphatic heterocycles. The van der Waals surface area contributed by atoms with Crippen LogP contribution in [0, 0.1) is 0 Å². The third-order valence-electron chi connectivity index (χ3n) is 4.49. The highest BCUT2D eigenvalue weighted by molar-refractivity contribution is 6.30. The average molecular weight is 376 g/mol. The van der Waals surface area contributed by atoms with Crippen molar-refractivity contribution in [1.82, 2.24) is 9.55 Å². The molecule has 1 heterocycles.